The maximum Gasteiger partial charge on any atom is 0.306 e. The van der Waals surface area contributed by atoms with E-state index in [1.54, 1.807) is 18.2 Å². The van der Waals surface area contributed by atoms with Crippen LogP contribution in [-0.4, -0.2) is 28.0 Å². The second-order valence-corrected chi connectivity index (χ2v) is 6.82. The van der Waals surface area contributed by atoms with Crippen LogP contribution in [0, 0.1) is 15.5 Å². The fourth-order valence-corrected chi connectivity index (χ4v) is 4.07. The third-order valence-electron chi connectivity index (χ3n) is 3.68. The van der Waals surface area contributed by atoms with Gasteiger partial charge in [-0.25, -0.2) is 0 Å². The molecule has 1 aromatic rings. The van der Waals surface area contributed by atoms with Crippen LogP contribution in [0.3, 0.4) is 0 Å². The lowest BCUT2D eigenvalue weighted by Crippen LogP contribution is -2.18. The largest absolute Gasteiger partial charge is 0.469 e. The normalized spacial score (nSPS) is 17.0. The number of carbonyl (C=O) groups is 1. The van der Waals surface area contributed by atoms with Crippen LogP contribution in [0.15, 0.2) is 24.3 Å². The van der Waals surface area contributed by atoms with Gasteiger partial charge in [0, 0.05) is 28.2 Å². The number of carbonyl (C=O) groups excluding carboxylic acids is 1. The van der Waals surface area contributed by atoms with Crippen LogP contribution in [0.2, 0.25) is 0 Å². The van der Waals surface area contributed by atoms with Crippen molar-refractivity contribution in [3.8, 4) is 0 Å². The van der Waals surface area contributed by atoms with Crippen LogP contribution in [0.1, 0.15) is 24.8 Å². The van der Waals surface area contributed by atoms with Gasteiger partial charge in [-0.1, -0.05) is 18.2 Å². The van der Waals surface area contributed by atoms with E-state index in [4.69, 9.17) is 0 Å². The lowest BCUT2D eigenvalue weighted by molar-refractivity contribution is -0.385. The molecular formula is C14H17NO5S. The van der Waals surface area contributed by atoms with E-state index < -0.39 is 15.7 Å². The average Bonchev–Trinajstić information content (AvgIpc) is 3.17. The van der Waals surface area contributed by atoms with Gasteiger partial charge in [0.1, 0.15) is 0 Å². The van der Waals surface area contributed by atoms with Crippen molar-refractivity contribution < 1.29 is 18.7 Å². The van der Waals surface area contributed by atoms with Crippen molar-refractivity contribution >= 4 is 22.5 Å². The molecule has 0 bridgehead atoms. The zero-order chi connectivity index (χ0) is 15.5. The summed E-state index contributed by atoms with van der Waals surface area (Å²) in [4.78, 5) is 21.8. The number of nitro groups is 1. The van der Waals surface area contributed by atoms with Crippen molar-refractivity contribution in [3.05, 3.63) is 39.9 Å². The topological polar surface area (TPSA) is 86.5 Å². The Morgan fingerprint density at radius 3 is 2.67 bits per heavy atom. The molecule has 2 rings (SSSR count). The number of rotatable bonds is 7. The molecule has 21 heavy (non-hydrogen) atoms. The number of hydrogen-bond acceptors (Lipinski definition) is 5. The van der Waals surface area contributed by atoms with Crippen molar-refractivity contribution in [1.29, 1.82) is 0 Å². The van der Waals surface area contributed by atoms with Gasteiger partial charge in [0.05, 0.1) is 24.2 Å². The first-order valence-electron chi connectivity index (χ1n) is 6.60. The van der Waals surface area contributed by atoms with E-state index in [9.17, 15) is 19.1 Å². The number of methoxy groups -OCH3 is 1. The SMILES string of the molecule is COC(=O)CC1(CS(=O)Cc2ccccc2[N+](=O)[O-])CC1. The molecular weight excluding hydrogens is 294 g/mol. The summed E-state index contributed by atoms with van der Waals surface area (Å²) in [7, 11) is 0.101. The molecule has 7 heteroatoms. The number of ether oxygens (including phenoxy) is 1. The third kappa shape index (κ3) is 4.10. The van der Waals surface area contributed by atoms with Crippen molar-refractivity contribution in [2.75, 3.05) is 12.9 Å². The van der Waals surface area contributed by atoms with Crippen molar-refractivity contribution in [2.45, 2.75) is 25.0 Å². The molecule has 0 N–H and O–H groups in total. The van der Waals surface area contributed by atoms with Crippen LogP contribution in [0.25, 0.3) is 0 Å². The maximum absolute atomic E-state index is 12.2. The average molecular weight is 311 g/mol. The summed E-state index contributed by atoms with van der Waals surface area (Å²) in [6.45, 7) is 0. The Morgan fingerprint density at radius 1 is 1.43 bits per heavy atom. The zero-order valence-corrected chi connectivity index (χ0v) is 12.6. The monoisotopic (exact) mass is 311 g/mol. The lowest BCUT2D eigenvalue weighted by Gasteiger charge is -2.13. The molecule has 0 radical (unpaired) electrons. The summed E-state index contributed by atoms with van der Waals surface area (Å²) in [6, 6.07) is 6.31. The third-order valence-corrected chi connectivity index (χ3v) is 5.24. The zero-order valence-electron chi connectivity index (χ0n) is 11.7. The number of hydrogen-bond donors (Lipinski definition) is 0. The Bertz CT molecular complexity index is 582. The molecule has 1 unspecified atom stereocenters. The molecule has 6 nitrogen and oxygen atoms in total. The Morgan fingerprint density at radius 2 is 2.10 bits per heavy atom. The number of para-hydroxylation sites is 1. The van der Waals surface area contributed by atoms with Crippen molar-refractivity contribution in [2.24, 2.45) is 5.41 Å². The number of benzene rings is 1. The fraction of sp³-hybridized carbons (Fsp3) is 0.500. The molecule has 1 atom stereocenters. The predicted octanol–water partition coefficient (Wildman–Crippen LogP) is 2.19. The molecule has 0 aliphatic heterocycles. The summed E-state index contributed by atoms with van der Waals surface area (Å²) in [5.74, 6) is 0.226. The van der Waals surface area contributed by atoms with Gasteiger partial charge in [0.25, 0.3) is 5.69 Å². The molecule has 1 fully saturated rings. The van der Waals surface area contributed by atoms with Crippen LogP contribution in [-0.2, 0) is 26.1 Å². The highest BCUT2D eigenvalue weighted by Gasteiger charge is 2.46. The molecule has 1 saturated carbocycles. The van der Waals surface area contributed by atoms with Crippen LogP contribution in [0.4, 0.5) is 5.69 Å². The van der Waals surface area contributed by atoms with Gasteiger partial charge >= 0.3 is 5.97 Å². The highest BCUT2D eigenvalue weighted by atomic mass is 32.2. The van der Waals surface area contributed by atoms with E-state index in [1.807, 2.05) is 0 Å². The van der Waals surface area contributed by atoms with Crippen molar-refractivity contribution in [3.63, 3.8) is 0 Å². The Kier molecular flexibility index (Phi) is 4.72. The molecule has 0 heterocycles. The van der Waals surface area contributed by atoms with Gasteiger partial charge in [0.2, 0.25) is 0 Å². The van der Waals surface area contributed by atoms with Crippen LogP contribution < -0.4 is 0 Å². The number of esters is 1. The molecule has 0 amide bonds. The van der Waals surface area contributed by atoms with E-state index in [2.05, 4.69) is 4.74 Å². The Labute approximate surface area is 125 Å². The number of nitrogens with zero attached hydrogens (tertiary/aromatic N) is 1. The molecule has 1 aliphatic rings. The minimum absolute atomic E-state index is 0.0105. The highest BCUT2D eigenvalue weighted by molar-refractivity contribution is 7.84. The smallest absolute Gasteiger partial charge is 0.306 e. The first-order chi connectivity index (χ1) is 9.96. The van der Waals surface area contributed by atoms with Gasteiger partial charge in [-0.2, -0.15) is 0 Å². The predicted molar refractivity (Wildman–Crippen MR) is 78.1 cm³/mol. The first kappa shape index (κ1) is 15.6. The molecule has 0 spiro atoms. The fourth-order valence-electron chi connectivity index (χ4n) is 2.30. The minimum Gasteiger partial charge on any atom is -0.469 e. The lowest BCUT2D eigenvalue weighted by atomic mass is 10.1. The first-order valence-corrected chi connectivity index (χ1v) is 8.09. The minimum atomic E-state index is -1.24. The summed E-state index contributed by atoms with van der Waals surface area (Å²) >= 11 is 0. The second kappa shape index (κ2) is 6.34. The quantitative estimate of drug-likeness (QED) is 0.437. The molecule has 1 aromatic carbocycles. The summed E-state index contributed by atoms with van der Waals surface area (Å²) < 4.78 is 16.9. The van der Waals surface area contributed by atoms with E-state index in [0.29, 0.717) is 11.3 Å². The van der Waals surface area contributed by atoms with Gasteiger partial charge in [-0.3, -0.25) is 19.1 Å². The standard InChI is InChI=1S/C14H17NO5S/c1-20-13(16)8-14(6-7-14)10-21(19)9-11-4-2-3-5-12(11)15(17)18/h2-5H,6-10H2,1H3. The molecule has 0 aromatic heterocycles. The molecule has 0 saturated heterocycles. The Balaban J connectivity index is 2.00. The van der Waals surface area contributed by atoms with Crippen LogP contribution >= 0.6 is 0 Å². The van der Waals surface area contributed by atoms with Gasteiger partial charge in [0.15, 0.2) is 0 Å². The Hall–Kier alpha value is -1.76. The van der Waals surface area contributed by atoms with E-state index in [-0.39, 0.29) is 29.2 Å². The second-order valence-electron chi connectivity index (χ2n) is 5.37. The maximum atomic E-state index is 12.2. The van der Waals surface area contributed by atoms with E-state index in [0.717, 1.165) is 12.8 Å². The van der Waals surface area contributed by atoms with Crippen LogP contribution in [0.5, 0.6) is 0 Å². The van der Waals surface area contributed by atoms with E-state index >= 15 is 0 Å². The molecule has 1 aliphatic carbocycles. The highest BCUT2D eigenvalue weighted by Crippen LogP contribution is 2.49. The van der Waals surface area contributed by atoms with Gasteiger partial charge < -0.3 is 4.74 Å². The molecule has 114 valence electrons. The van der Waals surface area contributed by atoms with Gasteiger partial charge in [-0.05, 0) is 18.3 Å². The summed E-state index contributed by atoms with van der Waals surface area (Å²) in [6.07, 6.45) is 1.97. The van der Waals surface area contributed by atoms with Gasteiger partial charge in [-0.15, -0.1) is 0 Å². The van der Waals surface area contributed by atoms with Crippen molar-refractivity contribution in [1.82, 2.24) is 0 Å². The summed E-state index contributed by atoms with van der Waals surface area (Å²) in [5.41, 5.74) is 0.222. The van der Waals surface area contributed by atoms with E-state index in [1.165, 1.54) is 13.2 Å². The number of nitro benzene ring substituents is 1. The summed E-state index contributed by atoms with van der Waals surface area (Å²) in [5, 5.41) is 10.9.